The van der Waals surface area contributed by atoms with Crippen LogP contribution < -0.4 is 4.90 Å². The zero-order valence-electron chi connectivity index (χ0n) is 21.3. The van der Waals surface area contributed by atoms with Crippen LogP contribution in [0, 0.1) is 21.7 Å². The summed E-state index contributed by atoms with van der Waals surface area (Å²) in [6.45, 7) is 4.06. The average molecular weight is 625 g/mol. The molecule has 0 aliphatic carbocycles. The molecule has 3 aromatic rings. The first-order chi connectivity index (χ1) is 18.6. The van der Waals surface area contributed by atoms with Gasteiger partial charge in [-0.05, 0) is 48.7 Å². The quantitative estimate of drug-likeness (QED) is 0.0781. The van der Waals surface area contributed by atoms with E-state index in [4.69, 9.17) is 0 Å². The van der Waals surface area contributed by atoms with Crippen molar-refractivity contribution in [3.05, 3.63) is 80.9 Å². The Bertz CT molecular complexity index is 1330. The number of carboxylic acid groups (broad SMARTS) is 1. The predicted octanol–water partition coefficient (Wildman–Crippen LogP) is 7.32. The van der Waals surface area contributed by atoms with Crippen LogP contribution in [0.15, 0.2) is 42.5 Å². The van der Waals surface area contributed by atoms with Crippen molar-refractivity contribution in [2.24, 2.45) is 0 Å². The summed E-state index contributed by atoms with van der Waals surface area (Å²) in [5.74, 6) is -2.61. The van der Waals surface area contributed by atoms with E-state index in [1.54, 1.807) is 24.0 Å². The molecule has 12 heteroatoms. The molecule has 1 saturated heterocycles. The first-order valence-corrected chi connectivity index (χ1v) is 14.1. The lowest BCUT2D eigenvalue weighted by Gasteiger charge is -2.25. The van der Waals surface area contributed by atoms with Crippen molar-refractivity contribution < 1.29 is 33.1 Å². The lowest BCUT2D eigenvalue weighted by Crippen LogP contribution is -2.26. The number of non-ortho nitro benzene ring substituents is 1. The number of nitrogens with zero attached hydrogens (tertiary/aromatic N) is 2. The first kappa shape index (κ1) is 30.2. The van der Waals surface area contributed by atoms with Gasteiger partial charge in [0.1, 0.15) is 16.6 Å². The molecule has 4 rings (SSSR count). The van der Waals surface area contributed by atoms with Gasteiger partial charge in [0.25, 0.3) is 5.69 Å². The summed E-state index contributed by atoms with van der Waals surface area (Å²) >= 11 is 4.58. The normalized spacial score (nSPS) is 13.8. The molecule has 1 unspecified atom stereocenters. The molecular formula is C27H27BrF2N2O6S. The topological polar surface area (TPSA) is 113 Å². The second-order valence-corrected chi connectivity index (χ2v) is 10.3. The Labute approximate surface area is 236 Å². The number of anilines is 1. The van der Waals surface area contributed by atoms with Crippen molar-refractivity contribution >= 4 is 49.9 Å². The highest BCUT2D eigenvalue weighted by Crippen LogP contribution is 2.44. The largest absolute Gasteiger partial charge is 0.478 e. The van der Waals surface area contributed by atoms with Gasteiger partial charge in [-0.3, -0.25) is 10.1 Å². The lowest BCUT2D eigenvalue weighted by atomic mass is 10.1. The third-order valence-corrected chi connectivity index (χ3v) is 7.88. The highest BCUT2D eigenvalue weighted by molar-refractivity contribution is 9.08. The lowest BCUT2D eigenvalue weighted by molar-refractivity contribution is -0.384. The number of benzene rings is 2. The number of unbranched alkanes of at least 4 members (excludes halogenated alkanes) is 2. The molecular weight excluding hydrogens is 598 g/mol. The number of hydrogen-bond donors (Lipinski definition) is 1. The van der Waals surface area contributed by atoms with Crippen molar-refractivity contribution in [2.75, 3.05) is 11.4 Å². The van der Waals surface area contributed by atoms with Crippen LogP contribution in [0.2, 0.25) is 0 Å². The fourth-order valence-electron chi connectivity index (χ4n) is 3.81. The predicted molar refractivity (Wildman–Crippen MR) is 148 cm³/mol. The van der Waals surface area contributed by atoms with Gasteiger partial charge in [0.05, 0.1) is 10.5 Å². The summed E-state index contributed by atoms with van der Waals surface area (Å²) in [5.41, 5.74) is 1.00. The molecule has 39 heavy (non-hydrogen) atoms. The van der Waals surface area contributed by atoms with E-state index in [1.807, 2.05) is 6.92 Å². The summed E-state index contributed by atoms with van der Waals surface area (Å²) in [5, 5.41) is 21.7. The number of hydrogen-bond acceptors (Lipinski definition) is 7. The van der Waals surface area contributed by atoms with E-state index in [0.717, 1.165) is 19.3 Å². The van der Waals surface area contributed by atoms with E-state index < -0.39 is 22.5 Å². The minimum absolute atomic E-state index is 0.0588. The summed E-state index contributed by atoms with van der Waals surface area (Å²) in [4.78, 5) is 34.9. The molecule has 2 aromatic carbocycles. The van der Waals surface area contributed by atoms with E-state index in [9.17, 15) is 33.6 Å². The smallest absolute Gasteiger partial charge is 0.347 e. The third-order valence-electron chi connectivity index (χ3n) is 5.97. The number of aromatic carboxylic acids is 1. The van der Waals surface area contributed by atoms with Crippen LogP contribution in [0.3, 0.4) is 0 Å². The average Bonchev–Trinajstić information content (AvgIpc) is 3.40. The van der Waals surface area contributed by atoms with Crippen molar-refractivity contribution in [1.82, 2.24) is 0 Å². The monoisotopic (exact) mass is 624 g/mol. The Kier molecular flexibility index (Phi) is 10.5. The minimum Gasteiger partial charge on any atom is -0.478 e. The van der Waals surface area contributed by atoms with E-state index in [1.165, 1.54) is 41.7 Å². The first-order valence-electron chi connectivity index (χ1n) is 12.2. The fourth-order valence-corrected chi connectivity index (χ4v) is 5.90. The number of epoxide rings is 1. The Morgan fingerprint density at radius 2 is 1.74 bits per heavy atom. The minimum atomic E-state index is -1.15. The molecule has 0 bridgehead atoms. The van der Waals surface area contributed by atoms with Crippen LogP contribution in [0.25, 0.3) is 10.4 Å². The van der Waals surface area contributed by atoms with Crippen molar-refractivity contribution in [3.63, 3.8) is 0 Å². The van der Waals surface area contributed by atoms with Gasteiger partial charge >= 0.3 is 11.9 Å². The molecule has 208 valence electrons. The zero-order chi connectivity index (χ0) is 28.7. The number of thiophene rings is 1. The second kappa shape index (κ2) is 13.6. The Morgan fingerprint density at radius 3 is 2.21 bits per heavy atom. The molecule has 0 spiro atoms. The van der Waals surface area contributed by atoms with Crippen LogP contribution in [0.5, 0.6) is 0 Å². The standard InChI is InChI=1S/C24H23BrF2N2O4S.C3H4O2/c1-2-3-4-12-28(14-18-19(26)6-5-7-20(18)27)23-21(24(30)31)17(13-25)22(34-23)15-8-10-16(11-9-15)29(32)33;1-2-3(4)5-2/h5-11H,2-4,12-14H2,1H3,(H,30,31);2H,1H3. The number of carboxylic acids is 1. The molecule has 1 aliphatic heterocycles. The number of carbonyl (C=O) groups excluding carboxylic acids is 1. The molecule has 1 aliphatic rings. The van der Waals surface area contributed by atoms with Gasteiger partial charge in [-0.25, -0.2) is 18.4 Å². The van der Waals surface area contributed by atoms with Gasteiger partial charge in [0, 0.05) is 41.0 Å². The maximum atomic E-state index is 14.5. The van der Waals surface area contributed by atoms with Gasteiger partial charge in [-0.1, -0.05) is 41.8 Å². The summed E-state index contributed by atoms with van der Waals surface area (Å²) in [6, 6.07) is 9.52. The number of cyclic esters (lactones) is 1. The van der Waals surface area contributed by atoms with Crippen LogP contribution in [-0.2, 0) is 21.4 Å². The van der Waals surface area contributed by atoms with Crippen molar-refractivity contribution in [2.45, 2.75) is 51.1 Å². The second-order valence-electron chi connectivity index (χ2n) is 8.74. The van der Waals surface area contributed by atoms with Gasteiger partial charge in [0.2, 0.25) is 0 Å². The van der Waals surface area contributed by atoms with Crippen LogP contribution in [0.1, 0.15) is 54.6 Å². The molecule has 1 N–H and O–H groups in total. The van der Waals surface area contributed by atoms with Crippen LogP contribution in [0.4, 0.5) is 19.5 Å². The molecule has 1 fully saturated rings. The maximum absolute atomic E-state index is 14.5. The highest BCUT2D eigenvalue weighted by Gasteiger charge is 2.31. The Balaban J connectivity index is 0.000000753. The number of rotatable bonds is 11. The summed E-state index contributed by atoms with van der Waals surface area (Å²) < 4.78 is 33.2. The Hall–Kier alpha value is -3.38. The highest BCUT2D eigenvalue weighted by atomic mass is 79.9. The summed E-state index contributed by atoms with van der Waals surface area (Å²) in [7, 11) is 0. The van der Waals surface area contributed by atoms with Gasteiger partial charge < -0.3 is 14.7 Å². The summed E-state index contributed by atoms with van der Waals surface area (Å²) in [6.07, 6.45) is 2.44. The molecule has 1 aromatic heterocycles. The Morgan fingerprint density at radius 1 is 1.15 bits per heavy atom. The fraction of sp³-hybridized carbons (Fsp3) is 0.333. The van der Waals surface area contributed by atoms with E-state index in [2.05, 4.69) is 20.7 Å². The van der Waals surface area contributed by atoms with E-state index in [0.29, 0.717) is 27.5 Å². The van der Waals surface area contributed by atoms with Gasteiger partial charge in [-0.2, -0.15) is 0 Å². The molecule has 1 atom stereocenters. The molecule has 2 heterocycles. The number of nitro benzene ring substituents is 1. The van der Waals surface area contributed by atoms with Crippen molar-refractivity contribution in [3.8, 4) is 10.4 Å². The molecule has 0 radical (unpaired) electrons. The third kappa shape index (κ3) is 7.60. The molecule has 8 nitrogen and oxygen atoms in total. The number of halogens is 3. The zero-order valence-corrected chi connectivity index (χ0v) is 23.7. The number of carbonyl (C=O) groups is 2. The van der Waals surface area contributed by atoms with Crippen molar-refractivity contribution in [1.29, 1.82) is 0 Å². The SMILES string of the molecule is CC1OC1=O.CCCCCN(Cc1c(F)cccc1F)c1sc(-c2ccc([N+](=O)[O-])cc2)c(CBr)c1C(=O)O. The van der Waals surface area contributed by atoms with Crippen LogP contribution >= 0.6 is 27.3 Å². The van der Waals surface area contributed by atoms with E-state index >= 15 is 0 Å². The molecule has 0 amide bonds. The number of alkyl halides is 1. The van der Waals surface area contributed by atoms with Crippen LogP contribution in [-0.4, -0.2) is 34.6 Å². The van der Waals surface area contributed by atoms with E-state index in [-0.39, 0.29) is 40.8 Å². The number of ether oxygens (including phenoxy) is 1. The molecule has 0 saturated carbocycles. The van der Waals surface area contributed by atoms with Gasteiger partial charge in [-0.15, -0.1) is 11.3 Å². The van der Waals surface area contributed by atoms with Gasteiger partial charge in [0.15, 0.2) is 6.10 Å². The maximum Gasteiger partial charge on any atom is 0.347 e. The number of nitro groups is 1.